The molecule has 0 unspecified atom stereocenters. The summed E-state index contributed by atoms with van der Waals surface area (Å²) in [6.45, 7) is 4.48. The van der Waals surface area contributed by atoms with Crippen LogP contribution in [0.2, 0.25) is 0 Å². The molecule has 0 saturated heterocycles. The van der Waals surface area contributed by atoms with Crippen molar-refractivity contribution >= 4 is 23.6 Å². The van der Waals surface area contributed by atoms with Crippen molar-refractivity contribution in [3.63, 3.8) is 0 Å². The lowest BCUT2D eigenvalue weighted by Gasteiger charge is -2.35. The van der Waals surface area contributed by atoms with Gasteiger partial charge in [0.1, 0.15) is 6.04 Å². The molecular weight excluding hydrogens is 330 g/mol. The summed E-state index contributed by atoms with van der Waals surface area (Å²) in [5.41, 5.74) is 0.615. The fourth-order valence-corrected chi connectivity index (χ4v) is 2.63. The molecule has 0 bridgehead atoms. The number of urea groups is 1. The van der Waals surface area contributed by atoms with E-state index < -0.39 is 28.9 Å². The maximum Gasteiger partial charge on any atom is 0.338 e. The topological polar surface area (TPSA) is 119 Å². The standard InChI is InChI=1S/C16H17N3O6/c1-4-25-15(21)13-9(2)17-16(22)18(10(3)20)14(13)11-5-7-12(8-6-11)19(23)24/h5-8,14H,4H2,1-3H3,(H,17,22)/t14-/m1/s1. The average Bonchev–Trinajstić information content (AvgIpc) is 2.53. The van der Waals surface area contributed by atoms with Crippen LogP contribution in [0.4, 0.5) is 10.5 Å². The zero-order valence-electron chi connectivity index (χ0n) is 13.9. The molecule has 0 saturated carbocycles. The van der Waals surface area contributed by atoms with Gasteiger partial charge in [-0.2, -0.15) is 0 Å². The first-order valence-electron chi connectivity index (χ1n) is 7.51. The van der Waals surface area contributed by atoms with Crippen LogP contribution in [0.1, 0.15) is 32.4 Å². The summed E-state index contributed by atoms with van der Waals surface area (Å²) in [7, 11) is 0. The van der Waals surface area contributed by atoms with Crippen molar-refractivity contribution in [2.75, 3.05) is 6.61 Å². The minimum Gasteiger partial charge on any atom is -0.463 e. The minimum absolute atomic E-state index is 0.102. The van der Waals surface area contributed by atoms with Gasteiger partial charge in [-0.1, -0.05) is 0 Å². The van der Waals surface area contributed by atoms with Crippen molar-refractivity contribution in [1.29, 1.82) is 0 Å². The Morgan fingerprint density at radius 1 is 1.32 bits per heavy atom. The largest absolute Gasteiger partial charge is 0.463 e. The molecule has 9 nitrogen and oxygen atoms in total. The molecule has 1 aliphatic heterocycles. The highest BCUT2D eigenvalue weighted by molar-refractivity contribution is 6.01. The quantitative estimate of drug-likeness (QED) is 0.506. The summed E-state index contributed by atoms with van der Waals surface area (Å²) in [6.07, 6.45) is 0. The molecule has 1 aromatic carbocycles. The molecule has 0 radical (unpaired) electrons. The number of amides is 3. The third-order valence-corrected chi connectivity index (χ3v) is 3.70. The summed E-state index contributed by atoms with van der Waals surface area (Å²) >= 11 is 0. The van der Waals surface area contributed by atoms with Gasteiger partial charge < -0.3 is 10.1 Å². The molecule has 132 valence electrons. The van der Waals surface area contributed by atoms with Crippen molar-refractivity contribution in [3.05, 3.63) is 51.2 Å². The van der Waals surface area contributed by atoms with Crippen LogP contribution in [0.25, 0.3) is 0 Å². The third-order valence-electron chi connectivity index (χ3n) is 3.70. The molecule has 25 heavy (non-hydrogen) atoms. The SMILES string of the molecule is CCOC(=O)C1=C(C)NC(=O)N(C(C)=O)[C@@H]1c1ccc([N+](=O)[O-])cc1. The van der Waals surface area contributed by atoms with E-state index in [2.05, 4.69) is 5.32 Å². The number of nitrogens with zero attached hydrogens (tertiary/aromatic N) is 2. The zero-order chi connectivity index (χ0) is 18.7. The second-order valence-corrected chi connectivity index (χ2v) is 5.33. The molecule has 1 aromatic rings. The van der Waals surface area contributed by atoms with Gasteiger partial charge in [0.05, 0.1) is 17.1 Å². The molecular formula is C16H17N3O6. The number of rotatable bonds is 4. The molecule has 1 heterocycles. The number of carbonyl (C=O) groups excluding carboxylic acids is 3. The number of nitrogens with one attached hydrogen (secondary N) is 1. The lowest BCUT2D eigenvalue weighted by atomic mass is 9.93. The maximum absolute atomic E-state index is 12.4. The van der Waals surface area contributed by atoms with E-state index in [1.165, 1.54) is 38.1 Å². The Labute approximate surface area is 143 Å². The number of allylic oxidation sites excluding steroid dienone is 1. The summed E-state index contributed by atoms with van der Waals surface area (Å²) in [6, 6.07) is 3.61. The fourth-order valence-electron chi connectivity index (χ4n) is 2.63. The maximum atomic E-state index is 12.4. The fraction of sp³-hybridized carbons (Fsp3) is 0.312. The van der Waals surface area contributed by atoms with E-state index in [0.29, 0.717) is 5.56 Å². The highest BCUT2D eigenvalue weighted by Gasteiger charge is 2.40. The monoisotopic (exact) mass is 347 g/mol. The van der Waals surface area contributed by atoms with Crippen molar-refractivity contribution in [3.8, 4) is 0 Å². The number of hydrogen-bond acceptors (Lipinski definition) is 6. The van der Waals surface area contributed by atoms with E-state index in [0.717, 1.165) is 4.90 Å². The Morgan fingerprint density at radius 2 is 1.92 bits per heavy atom. The number of hydrogen-bond donors (Lipinski definition) is 1. The smallest absolute Gasteiger partial charge is 0.338 e. The van der Waals surface area contributed by atoms with Gasteiger partial charge in [-0.3, -0.25) is 19.8 Å². The first kappa shape index (κ1) is 18.1. The Kier molecular flexibility index (Phi) is 5.16. The molecule has 0 aromatic heterocycles. The van der Waals surface area contributed by atoms with Crippen LogP contribution in [0, 0.1) is 10.1 Å². The molecule has 2 rings (SSSR count). The molecule has 1 N–H and O–H groups in total. The summed E-state index contributed by atoms with van der Waals surface area (Å²) in [4.78, 5) is 47.7. The van der Waals surface area contributed by atoms with Crippen LogP contribution >= 0.6 is 0 Å². The molecule has 9 heteroatoms. The zero-order valence-corrected chi connectivity index (χ0v) is 13.9. The van der Waals surface area contributed by atoms with Crippen molar-refractivity contribution in [1.82, 2.24) is 10.2 Å². The van der Waals surface area contributed by atoms with Gasteiger partial charge in [0, 0.05) is 24.8 Å². The van der Waals surface area contributed by atoms with Crippen LogP contribution < -0.4 is 5.32 Å². The van der Waals surface area contributed by atoms with E-state index in [1.54, 1.807) is 6.92 Å². The van der Waals surface area contributed by atoms with Gasteiger partial charge in [0.2, 0.25) is 5.91 Å². The van der Waals surface area contributed by atoms with Gasteiger partial charge in [0.15, 0.2) is 0 Å². The van der Waals surface area contributed by atoms with Crippen LogP contribution in [0.5, 0.6) is 0 Å². The number of non-ortho nitro benzene ring substituents is 1. The second kappa shape index (κ2) is 7.12. The number of nitro benzene ring substituents is 1. The normalized spacial score (nSPS) is 17.2. The van der Waals surface area contributed by atoms with E-state index in [1.807, 2.05) is 0 Å². The van der Waals surface area contributed by atoms with E-state index in [4.69, 9.17) is 4.74 Å². The number of imide groups is 1. The van der Waals surface area contributed by atoms with Crippen molar-refractivity contribution in [2.45, 2.75) is 26.8 Å². The molecule has 0 aliphatic carbocycles. The van der Waals surface area contributed by atoms with Gasteiger partial charge in [-0.05, 0) is 31.5 Å². The number of esters is 1. The molecule has 1 atom stereocenters. The van der Waals surface area contributed by atoms with Crippen molar-refractivity contribution in [2.24, 2.45) is 0 Å². The minimum atomic E-state index is -1.02. The number of benzene rings is 1. The van der Waals surface area contributed by atoms with E-state index in [-0.39, 0.29) is 23.6 Å². The third kappa shape index (κ3) is 3.49. The predicted molar refractivity (Wildman–Crippen MR) is 86.2 cm³/mol. The Hall–Kier alpha value is -3.23. The molecule has 3 amide bonds. The van der Waals surface area contributed by atoms with Gasteiger partial charge >= 0.3 is 12.0 Å². The van der Waals surface area contributed by atoms with Gasteiger partial charge in [-0.15, -0.1) is 0 Å². The van der Waals surface area contributed by atoms with Crippen LogP contribution in [-0.2, 0) is 14.3 Å². The van der Waals surface area contributed by atoms with Gasteiger partial charge in [-0.25, -0.2) is 9.59 Å². The van der Waals surface area contributed by atoms with E-state index >= 15 is 0 Å². The average molecular weight is 347 g/mol. The lowest BCUT2D eigenvalue weighted by molar-refractivity contribution is -0.384. The molecule has 0 spiro atoms. The Morgan fingerprint density at radius 3 is 2.40 bits per heavy atom. The summed E-state index contributed by atoms with van der Waals surface area (Å²) in [5.74, 6) is -1.25. The number of ether oxygens (including phenoxy) is 1. The van der Waals surface area contributed by atoms with E-state index in [9.17, 15) is 24.5 Å². The van der Waals surface area contributed by atoms with Crippen LogP contribution in [-0.4, -0.2) is 34.3 Å². The molecule has 1 aliphatic rings. The van der Waals surface area contributed by atoms with Crippen molar-refractivity contribution < 1.29 is 24.0 Å². The summed E-state index contributed by atoms with van der Waals surface area (Å²) < 4.78 is 5.03. The highest BCUT2D eigenvalue weighted by Crippen LogP contribution is 2.35. The van der Waals surface area contributed by atoms with Crippen LogP contribution in [0.15, 0.2) is 35.5 Å². The van der Waals surface area contributed by atoms with Crippen LogP contribution in [0.3, 0.4) is 0 Å². The Bertz CT molecular complexity index is 769. The Balaban J connectivity index is 2.60. The number of nitro groups is 1. The summed E-state index contributed by atoms with van der Waals surface area (Å²) in [5, 5.41) is 13.3. The lowest BCUT2D eigenvalue weighted by Crippen LogP contribution is -2.50. The van der Waals surface area contributed by atoms with Gasteiger partial charge in [0.25, 0.3) is 5.69 Å². The first-order chi connectivity index (χ1) is 11.8. The highest BCUT2D eigenvalue weighted by atomic mass is 16.6. The predicted octanol–water partition coefficient (Wildman–Crippen LogP) is 2.04. The first-order valence-corrected chi connectivity index (χ1v) is 7.51. The number of carbonyl (C=O) groups is 3. The second-order valence-electron chi connectivity index (χ2n) is 5.33. The molecule has 0 fully saturated rings.